The van der Waals surface area contributed by atoms with Crippen molar-refractivity contribution in [2.45, 2.75) is 149 Å². The van der Waals surface area contributed by atoms with Gasteiger partial charge in [0, 0.05) is 18.1 Å². The standard InChI is InChI=1S/C28H52N/c1-4-7-8-9-10-11-12-13-14-15-16-17-18-19-20-21-22-24-29-25-23-27(5-2)28(6-3)26-29/h23,25-26H,4-22,24H2,1-3H3/q+1. The molecule has 1 aromatic heterocycles. The molecule has 0 amide bonds. The lowest BCUT2D eigenvalue weighted by Gasteiger charge is -2.05. The van der Waals surface area contributed by atoms with Crippen molar-refractivity contribution in [1.29, 1.82) is 0 Å². The molecule has 0 bridgehead atoms. The Kier molecular flexibility index (Phi) is 17.3. The van der Waals surface area contributed by atoms with E-state index in [0.29, 0.717) is 0 Å². The highest BCUT2D eigenvalue weighted by Crippen LogP contribution is 2.14. The quantitative estimate of drug-likeness (QED) is 0.151. The molecule has 0 N–H and O–H groups in total. The molecule has 1 nitrogen and oxygen atoms in total. The second-order valence-electron chi connectivity index (χ2n) is 9.10. The Morgan fingerprint density at radius 3 is 1.34 bits per heavy atom. The van der Waals surface area contributed by atoms with Crippen molar-refractivity contribution in [2.75, 3.05) is 0 Å². The summed E-state index contributed by atoms with van der Waals surface area (Å²) in [6, 6.07) is 2.33. The minimum atomic E-state index is 1.16. The summed E-state index contributed by atoms with van der Waals surface area (Å²) in [6.07, 6.45) is 31.5. The number of hydrogen-bond acceptors (Lipinski definition) is 0. The highest BCUT2D eigenvalue weighted by Gasteiger charge is 2.06. The summed E-state index contributed by atoms with van der Waals surface area (Å²) in [5.74, 6) is 0. The molecular formula is C28H52N+. The van der Waals surface area contributed by atoms with E-state index in [-0.39, 0.29) is 0 Å². The molecule has 0 aromatic carbocycles. The second kappa shape index (κ2) is 19.1. The summed E-state index contributed by atoms with van der Waals surface area (Å²) in [7, 11) is 0. The van der Waals surface area contributed by atoms with Gasteiger partial charge in [0.05, 0.1) is 0 Å². The van der Waals surface area contributed by atoms with Crippen molar-refractivity contribution in [3.8, 4) is 0 Å². The monoisotopic (exact) mass is 402 g/mol. The normalized spacial score (nSPS) is 11.3. The molecule has 1 heteroatoms. The van der Waals surface area contributed by atoms with Crippen LogP contribution in [0.4, 0.5) is 0 Å². The minimum absolute atomic E-state index is 1.16. The number of aryl methyl sites for hydroxylation is 3. The van der Waals surface area contributed by atoms with E-state index in [0.717, 1.165) is 12.8 Å². The lowest BCUT2D eigenvalue weighted by Crippen LogP contribution is -2.33. The first kappa shape index (κ1) is 26.2. The third-order valence-corrected chi connectivity index (χ3v) is 6.48. The van der Waals surface area contributed by atoms with Gasteiger partial charge in [-0.15, -0.1) is 0 Å². The van der Waals surface area contributed by atoms with Gasteiger partial charge in [-0.1, -0.05) is 117 Å². The van der Waals surface area contributed by atoms with Crippen molar-refractivity contribution in [1.82, 2.24) is 0 Å². The molecule has 29 heavy (non-hydrogen) atoms. The maximum atomic E-state index is 2.41. The fourth-order valence-corrected chi connectivity index (χ4v) is 4.44. The maximum absolute atomic E-state index is 2.41. The SMILES string of the molecule is CCCCCCCCCCCCCCCCCCC[n+]1ccc(CC)c(CC)c1. The Morgan fingerprint density at radius 1 is 0.517 bits per heavy atom. The molecule has 0 aliphatic rings. The lowest BCUT2D eigenvalue weighted by molar-refractivity contribution is -0.697. The zero-order valence-electron chi connectivity index (χ0n) is 20.3. The number of nitrogens with zero attached hydrogens (tertiary/aromatic N) is 1. The van der Waals surface area contributed by atoms with E-state index < -0.39 is 0 Å². The van der Waals surface area contributed by atoms with Crippen LogP contribution in [0, 0.1) is 0 Å². The largest absolute Gasteiger partial charge is 0.205 e. The van der Waals surface area contributed by atoms with Gasteiger partial charge in [0.2, 0.25) is 0 Å². The molecule has 0 fully saturated rings. The summed E-state index contributed by atoms with van der Waals surface area (Å²) < 4.78 is 2.41. The van der Waals surface area contributed by atoms with Crippen molar-refractivity contribution in [3.63, 3.8) is 0 Å². The van der Waals surface area contributed by atoms with E-state index in [4.69, 9.17) is 0 Å². The van der Waals surface area contributed by atoms with Crippen LogP contribution in [-0.2, 0) is 19.4 Å². The predicted octanol–water partition coefficient (Wildman–Crippen LogP) is 8.75. The van der Waals surface area contributed by atoms with Gasteiger partial charge in [-0.3, -0.25) is 0 Å². The molecule has 1 rings (SSSR count). The third kappa shape index (κ3) is 13.9. The Labute approximate surface area is 183 Å². The van der Waals surface area contributed by atoms with Crippen molar-refractivity contribution >= 4 is 0 Å². The van der Waals surface area contributed by atoms with Crippen LogP contribution in [0.1, 0.15) is 141 Å². The topological polar surface area (TPSA) is 3.88 Å². The van der Waals surface area contributed by atoms with E-state index >= 15 is 0 Å². The highest BCUT2D eigenvalue weighted by atomic mass is 14.9. The molecule has 1 heterocycles. The summed E-state index contributed by atoms with van der Waals surface area (Å²) in [5, 5.41) is 0. The van der Waals surface area contributed by atoms with Crippen molar-refractivity contribution < 1.29 is 4.57 Å². The molecule has 0 unspecified atom stereocenters. The van der Waals surface area contributed by atoms with Gasteiger partial charge in [-0.25, -0.2) is 4.57 Å². The number of hydrogen-bond donors (Lipinski definition) is 0. The number of aromatic nitrogens is 1. The fraction of sp³-hybridized carbons (Fsp3) is 0.821. The molecule has 0 atom stereocenters. The van der Waals surface area contributed by atoms with Gasteiger partial charge in [0.25, 0.3) is 0 Å². The smallest absolute Gasteiger partial charge is 0.172 e. The summed E-state index contributed by atoms with van der Waals surface area (Å²) >= 11 is 0. The zero-order chi connectivity index (χ0) is 21.0. The molecular weight excluding hydrogens is 350 g/mol. The van der Waals surface area contributed by atoms with E-state index in [1.54, 1.807) is 0 Å². The van der Waals surface area contributed by atoms with Crippen LogP contribution in [0.15, 0.2) is 18.5 Å². The Balaban J connectivity index is 1.85. The van der Waals surface area contributed by atoms with Gasteiger partial charge >= 0.3 is 0 Å². The van der Waals surface area contributed by atoms with Crippen LogP contribution in [-0.4, -0.2) is 0 Å². The zero-order valence-corrected chi connectivity index (χ0v) is 20.3. The number of pyridine rings is 1. The van der Waals surface area contributed by atoms with E-state index in [9.17, 15) is 0 Å². The lowest BCUT2D eigenvalue weighted by atomic mass is 10.0. The molecule has 0 aliphatic heterocycles. The molecule has 0 spiro atoms. The van der Waals surface area contributed by atoms with Crippen LogP contribution < -0.4 is 4.57 Å². The first-order chi connectivity index (χ1) is 14.3. The molecule has 0 radical (unpaired) electrons. The van der Waals surface area contributed by atoms with Gasteiger partial charge in [0.15, 0.2) is 12.4 Å². The van der Waals surface area contributed by atoms with E-state index in [1.165, 1.54) is 127 Å². The second-order valence-corrected chi connectivity index (χ2v) is 9.10. The molecule has 0 saturated carbocycles. The van der Waals surface area contributed by atoms with Crippen molar-refractivity contribution in [3.05, 3.63) is 29.6 Å². The minimum Gasteiger partial charge on any atom is -0.205 e. The molecule has 1 aromatic rings. The first-order valence-electron chi connectivity index (χ1n) is 13.3. The molecule has 168 valence electrons. The third-order valence-electron chi connectivity index (χ3n) is 6.48. The van der Waals surface area contributed by atoms with Crippen LogP contribution in [0.3, 0.4) is 0 Å². The Hall–Kier alpha value is -0.850. The molecule has 0 aliphatic carbocycles. The van der Waals surface area contributed by atoms with E-state index in [1.807, 2.05) is 0 Å². The molecule has 0 saturated heterocycles. The van der Waals surface area contributed by atoms with Gasteiger partial charge in [-0.05, 0) is 24.8 Å². The summed E-state index contributed by atoms with van der Waals surface area (Å²) in [5.41, 5.74) is 3.05. The van der Waals surface area contributed by atoms with Gasteiger partial charge in [0.1, 0.15) is 6.54 Å². The van der Waals surface area contributed by atoms with Crippen molar-refractivity contribution in [2.24, 2.45) is 0 Å². The average molecular weight is 403 g/mol. The summed E-state index contributed by atoms with van der Waals surface area (Å²) in [4.78, 5) is 0. The average Bonchev–Trinajstić information content (AvgIpc) is 2.75. The summed E-state index contributed by atoms with van der Waals surface area (Å²) in [6.45, 7) is 8.02. The Bertz CT molecular complexity index is 479. The predicted molar refractivity (Wildman–Crippen MR) is 130 cm³/mol. The van der Waals surface area contributed by atoms with Crippen LogP contribution >= 0.6 is 0 Å². The van der Waals surface area contributed by atoms with Crippen LogP contribution in [0.2, 0.25) is 0 Å². The highest BCUT2D eigenvalue weighted by molar-refractivity contribution is 5.20. The maximum Gasteiger partial charge on any atom is 0.172 e. The van der Waals surface area contributed by atoms with E-state index in [2.05, 4.69) is 43.8 Å². The fourth-order valence-electron chi connectivity index (χ4n) is 4.44. The van der Waals surface area contributed by atoms with Gasteiger partial charge < -0.3 is 0 Å². The van der Waals surface area contributed by atoms with Gasteiger partial charge in [-0.2, -0.15) is 0 Å². The van der Waals surface area contributed by atoms with Crippen LogP contribution in [0.25, 0.3) is 0 Å². The number of rotatable bonds is 20. The Morgan fingerprint density at radius 2 is 0.931 bits per heavy atom. The first-order valence-corrected chi connectivity index (χ1v) is 13.3. The number of unbranched alkanes of at least 4 members (excludes halogenated alkanes) is 16. The van der Waals surface area contributed by atoms with Crippen LogP contribution in [0.5, 0.6) is 0 Å².